The quantitative estimate of drug-likeness (QED) is 0.602. The molecular weight excluding hydrogens is 296 g/mol. The van der Waals surface area contributed by atoms with Gasteiger partial charge in [0.05, 0.1) is 5.75 Å². The van der Waals surface area contributed by atoms with Crippen LogP contribution in [0.1, 0.15) is 25.7 Å². The summed E-state index contributed by atoms with van der Waals surface area (Å²) in [6.07, 6.45) is 3.64. The highest BCUT2D eigenvalue weighted by atomic mass is 32.2. The largest absolute Gasteiger partial charge is 0.480 e. The Morgan fingerprint density at radius 1 is 1.38 bits per heavy atom. The van der Waals surface area contributed by atoms with Gasteiger partial charge < -0.3 is 15.7 Å². The van der Waals surface area contributed by atoms with E-state index in [1.54, 1.807) is 0 Å². The minimum Gasteiger partial charge on any atom is -0.480 e. The Balaban J connectivity index is 1.89. The second kappa shape index (κ2) is 5.92. The van der Waals surface area contributed by atoms with Gasteiger partial charge in [0.15, 0.2) is 0 Å². The number of carboxylic acid groups (broad SMARTS) is 1. The first-order valence-electron chi connectivity index (χ1n) is 7.15. The molecule has 0 aromatic carbocycles. The molecule has 0 radical (unpaired) electrons. The number of rotatable bonds is 6. The number of piperidine rings is 1. The van der Waals surface area contributed by atoms with Crippen molar-refractivity contribution in [3.63, 3.8) is 0 Å². The van der Waals surface area contributed by atoms with E-state index in [1.807, 2.05) is 0 Å². The van der Waals surface area contributed by atoms with Crippen LogP contribution in [-0.4, -0.2) is 56.5 Å². The highest BCUT2D eigenvalue weighted by Gasteiger charge is 2.57. The molecule has 2 fully saturated rings. The van der Waals surface area contributed by atoms with E-state index >= 15 is 0 Å². The topological polar surface area (TPSA) is 113 Å². The van der Waals surface area contributed by atoms with Crippen LogP contribution in [0.2, 0.25) is 0 Å². The standard InChI is InChI=1S/C13H22N2O5S/c1-21(19,20)7-2-10(12(17)18)15-11(16)9-8-13(9)3-5-14-6-4-13/h9-10,14H,2-8H2,1H3,(H,15,16)(H,17,18). The molecular formula is C13H22N2O5S. The predicted molar refractivity (Wildman–Crippen MR) is 76.5 cm³/mol. The van der Waals surface area contributed by atoms with Crippen LogP contribution in [0.3, 0.4) is 0 Å². The molecule has 1 aliphatic heterocycles. The van der Waals surface area contributed by atoms with E-state index < -0.39 is 21.8 Å². The molecule has 1 aliphatic carbocycles. The van der Waals surface area contributed by atoms with Gasteiger partial charge in [0.25, 0.3) is 0 Å². The average molecular weight is 318 g/mol. The van der Waals surface area contributed by atoms with E-state index in [9.17, 15) is 18.0 Å². The van der Waals surface area contributed by atoms with Crippen molar-refractivity contribution in [2.24, 2.45) is 11.3 Å². The monoisotopic (exact) mass is 318 g/mol. The zero-order valence-corrected chi connectivity index (χ0v) is 12.9. The van der Waals surface area contributed by atoms with Gasteiger partial charge >= 0.3 is 5.97 Å². The molecule has 2 rings (SSSR count). The molecule has 0 bridgehead atoms. The predicted octanol–water partition coefficient (Wildman–Crippen LogP) is -0.620. The summed E-state index contributed by atoms with van der Waals surface area (Å²) in [5.74, 6) is -1.81. The first-order valence-corrected chi connectivity index (χ1v) is 9.21. The molecule has 1 saturated heterocycles. The Kier molecular flexibility index (Phi) is 4.57. The smallest absolute Gasteiger partial charge is 0.326 e. The van der Waals surface area contributed by atoms with Crippen LogP contribution in [0, 0.1) is 11.3 Å². The molecule has 120 valence electrons. The Morgan fingerprint density at radius 3 is 2.52 bits per heavy atom. The van der Waals surface area contributed by atoms with Crippen molar-refractivity contribution < 1.29 is 23.1 Å². The number of sulfone groups is 1. The van der Waals surface area contributed by atoms with Crippen LogP contribution < -0.4 is 10.6 Å². The average Bonchev–Trinajstić information content (AvgIpc) is 3.07. The first kappa shape index (κ1) is 16.2. The van der Waals surface area contributed by atoms with E-state index in [2.05, 4.69) is 10.6 Å². The second-order valence-corrected chi connectivity index (χ2v) is 8.45. The summed E-state index contributed by atoms with van der Waals surface area (Å²) in [5, 5.41) is 14.8. The minimum absolute atomic E-state index is 0.0369. The van der Waals surface area contributed by atoms with Crippen LogP contribution in [0.5, 0.6) is 0 Å². The van der Waals surface area contributed by atoms with Crippen molar-refractivity contribution in [2.45, 2.75) is 31.7 Å². The van der Waals surface area contributed by atoms with E-state index in [-0.39, 0.29) is 29.4 Å². The molecule has 7 nitrogen and oxygen atoms in total. The Hall–Kier alpha value is -1.15. The van der Waals surface area contributed by atoms with E-state index in [1.165, 1.54) is 0 Å². The van der Waals surface area contributed by atoms with Crippen LogP contribution >= 0.6 is 0 Å². The molecule has 1 spiro atoms. The first-order chi connectivity index (χ1) is 9.73. The molecule has 2 aliphatic rings. The number of hydrogen-bond acceptors (Lipinski definition) is 5. The lowest BCUT2D eigenvalue weighted by molar-refractivity contribution is -0.142. The van der Waals surface area contributed by atoms with Crippen LogP contribution in [0.4, 0.5) is 0 Å². The van der Waals surface area contributed by atoms with Gasteiger partial charge in [0, 0.05) is 12.2 Å². The molecule has 0 aromatic rings. The van der Waals surface area contributed by atoms with Crippen molar-refractivity contribution in [1.82, 2.24) is 10.6 Å². The fourth-order valence-electron chi connectivity index (χ4n) is 3.06. The maximum absolute atomic E-state index is 12.2. The highest BCUT2D eigenvalue weighted by Crippen LogP contribution is 2.58. The molecule has 1 saturated carbocycles. The summed E-state index contributed by atoms with van der Waals surface area (Å²) in [6.45, 7) is 1.78. The summed E-state index contributed by atoms with van der Waals surface area (Å²) in [7, 11) is -3.24. The lowest BCUT2D eigenvalue weighted by atomic mass is 9.91. The van der Waals surface area contributed by atoms with E-state index in [0.717, 1.165) is 38.6 Å². The fraction of sp³-hybridized carbons (Fsp3) is 0.846. The van der Waals surface area contributed by atoms with Crippen molar-refractivity contribution in [3.8, 4) is 0 Å². The SMILES string of the molecule is CS(=O)(=O)CCC(NC(=O)C1CC12CCNCC2)C(=O)O. The number of amides is 1. The summed E-state index contributed by atoms with van der Waals surface area (Å²) < 4.78 is 22.2. The maximum atomic E-state index is 12.2. The second-order valence-electron chi connectivity index (χ2n) is 6.19. The number of carboxylic acids is 1. The number of nitrogens with one attached hydrogen (secondary N) is 2. The lowest BCUT2D eigenvalue weighted by Gasteiger charge is -2.23. The van der Waals surface area contributed by atoms with Gasteiger partial charge in [0.2, 0.25) is 5.91 Å². The minimum atomic E-state index is -3.24. The molecule has 8 heteroatoms. The number of hydrogen-bond donors (Lipinski definition) is 3. The summed E-state index contributed by atoms with van der Waals surface area (Å²) in [4.78, 5) is 23.3. The molecule has 1 heterocycles. The number of carbonyl (C=O) groups is 2. The van der Waals surface area contributed by atoms with Gasteiger partial charge in [0.1, 0.15) is 15.9 Å². The van der Waals surface area contributed by atoms with Crippen molar-refractivity contribution >= 4 is 21.7 Å². The molecule has 2 atom stereocenters. The van der Waals surface area contributed by atoms with Gasteiger partial charge in [-0.25, -0.2) is 13.2 Å². The Bertz CT molecular complexity index is 525. The third kappa shape index (κ3) is 4.16. The van der Waals surface area contributed by atoms with Crippen molar-refractivity contribution in [1.29, 1.82) is 0 Å². The van der Waals surface area contributed by atoms with E-state index in [0.29, 0.717) is 0 Å². The number of carbonyl (C=O) groups excluding carboxylic acids is 1. The van der Waals surface area contributed by atoms with Gasteiger partial charge in [-0.15, -0.1) is 0 Å². The van der Waals surface area contributed by atoms with Gasteiger partial charge in [-0.05, 0) is 44.2 Å². The zero-order chi connectivity index (χ0) is 15.7. The van der Waals surface area contributed by atoms with Crippen LogP contribution in [0.15, 0.2) is 0 Å². The lowest BCUT2D eigenvalue weighted by Crippen LogP contribution is -2.43. The summed E-state index contributed by atoms with van der Waals surface area (Å²) >= 11 is 0. The van der Waals surface area contributed by atoms with Crippen LogP contribution in [-0.2, 0) is 19.4 Å². The third-order valence-corrected chi connectivity index (χ3v) is 5.47. The maximum Gasteiger partial charge on any atom is 0.326 e. The molecule has 0 aromatic heterocycles. The molecule has 2 unspecified atom stereocenters. The number of aliphatic carboxylic acids is 1. The molecule has 1 amide bonds. The summed E-state index contributed by atoms with van der Waals surface area (Å²) in [6, 6.07) is -1.13. The van der Waals surface area contributed by atoms with Crippen molar-refractivity contribution in [3.05, 3.63) is 0 Å². The normalized spacial score (nSPS) is 25.3. The van der Waals surface area contributed by atoms with Crippen molar-refractivity contribution in [2.75, 3.05) is 25.1 Å². The molecule has 21 heavy (non-hydrogen) atoms. The van der Waals surface area contributed by atoms with Gasteiger partial charge in [-0.3, -0.25) is 4.79 Å². The summed E-state index contributed by atoms with van der Waals surface area (Å²) in [5.41, 5.74) is 0.0369. The highest BCUT2D eigenvalue weighted by molar-refractivity contribution is 7.90. The van der Waals surface area contributed by atoms with Crippen LogP contribution in [0.25, 0.3) is 0 Å². The Morgan fingerprint density at radius 2 is 2.00 bits per heavy atom. The zero-order valence-electron chi connectivity index (χ0n) is 12.1. The molecule has 3 N–H and O–H groups in total. The third-order valence-electron chi connectivity index (χ3n) is 4.50. The Labute approximate surface area is 124 Å². The van der Waals surface area contributed by atoms with Gasteiger partial charge in [-0.2, -0.15) is 0 Å². The van der Waals surface area contributed by atoms with Gasteiger partial charge in [-0.1, -0.05) is 0 Å². The van der Waals surface area contributed by atoms with E-state index in [4.69, 9.17) is 5.11 Å². The fourth-order valence-corrected chi connectivity index (χ4v) is 3.72.